The van der Waals surface area contributed by atoms with Crippen LogP contribution in [0.3, 0.4) is 0 Å². The normalized spacial score (nSPS) is 11.0. The van der Waals surface area contributed by atoms with Gasteiger partial charge < -0.3 is 4.74 Å². The Labute approximate surface area is 143 Å². The lowest BCUT2D eigenvalue weighted by atomic mass is 10.2. The predicted molar refractivity (Wildman–Crippen MR) is 94.8 cm³/mol. The van der Waals surface area contributed by atoms with Crippen LogP contribution in [0.5, 0.6) is 5.75 Å². The molecule has 1 aromatic heterocycles. The smallest absolute Gasteiger partial charge is 0.257 e. The number of ether oxygens (including phenoxy) is 1. The summed E-state index contributed by atoms with van der Waals surface area (Å²) in [5.41, 5.74) is 1.30. The molecule has 4 nitrogen and oxygen atoms in total. The molecule has 0 fully saturated rings. The maximum atomic E-state index is 12.4. The molecule has 2 aromatic carbocycles. The summed E-state index contributed by atoms with van der Waals surface area (Å²) in [6, 6.07) is 12.6. The van der Waals surface area contributed by atoms with E-state index < -0.39 is 0 Å². The van der Waals surface area contributed by atoms with Crippen LogP contribution < -0.4 is 10.1 Å². The third kappa shape index (κ3) is 3.81. The SMILES string of the molecule is CC(C)Oc1cccc(C(=O)Nc2nc3cc(Cl)ccc3s2)c1. The summed E-state index contributed by atoms with van der Waals surface area (Å²) >= 11 is 7.36. The molecule has 23 heavy (non-hydrogen) atoms. The first kappa shape index (κ1) is 15.8. The van der Waals surface area contributed by atoms with Crippen LogP contribution in [0, 0.1) is 0 Å². The summed E-state index contributed by atoms with van der Waals surface area (Å²) in [6.45, 7) is 3.89. The number of fused-ring (bicyclic) bond motifs is 1. The molecule has 0 saturated heterocycles. The highest BCUT2D eigenvalue weighted by Gasteiger charge is 2.11. The van der Waals surface area contributed by atoms with Crippen LogP contribution in [-0.4, -0.2) is 17.0 Å². The number of thiazole rings is 1. The molecule has 0 radical (unpaired) electrons. The zero-order valence-electron chi connectivity index (χ0n) is 12.7. The standard InChI is InChI=1S/C17H15ClN2O2S/c1-10(2)22-13-5-3-4-11(8-13)16(21)20-17-19-14-9-12(18)6-7-15(14)23-17/h3-10H,1-2H3,(H,19,20,21). The highest BCUT2D eigenvalue weighted by atomic mass is 35.5. The van der Waals surface area contributed by atoms with Crippen LogP contribution in [-0.2, 0) is 0 Å². The van der Waals surface area contributed by atoms with Crippen molar-refractivity contribution in [1.29, 1.82) is 0 Å². The molecule has 1 N–H and O–H groups in total. The van der Waals surface area contributed by atoms with Gasteiger partial charge in [0.2, 0.25) is 0 Å². The summed E-state index contributed by atoms with van der Waals surface area (Å²) in [4.78, 5) is 16.8. The minimum absolute atomic E-state index is 0.0577. The van der Waals surface area contributed by atoms with Crippen molar-refractivity contribution < 1.29 is 9.53 Å². The first-order chi connectivity index (χ1) is 11.0. The maximum absolute atomic E-state index is 12.4. The van der Waals surface area contributed by atoms with Crippen molar-refractivity contribution in [2.75, 3.05) is 5.32 Å². The fraction of sp³-hybridized carbons (Fsp3) is 0.176. The molecule has 0 saturated carbocycles. The van der Waals surface area contributed by atoms with Crippen molar-refractivity contribution in [1.82, 2.24) is 4.98 Å². The molecule has 0 unspecified atom stereocenters. The summed E-state index contributed by atoms with van der Waals surface area (Å²) in [5, 5.41) is 3.99. The molecule has 1 amide bonds. The molecule has 3 rings (SSSR count). The number of nitrogens with zero attached hydrogens (tertiary/aromatic N) is 1. The molecule has 3 aromatic rings. The van der Waals surface area contributed by atoms with E-state index in [2.05, 4.69) is 10.3 Å². The molecule has 0 aliphatic carbocycles. The van der Waals surface area contributed by atoms with E-state index in [0.717, 1.165) is 10.2 Å². The molecule has 6 heteroatoms. The minimum Gasteiger partial charge on any atom is -0.491 e. The highest BCUT2D eigenvalue weighted by Crippen LogP contribution is 2.28. The number of nitrogens with one attached hydrogen (secondary N) is 1. The van der Waals surface area contributed by atoms with E-state index in [1.165, 1.54) is 11.3 Å². The number of hydrogen-bond acceptors (Lipinski definition) is 4. The number of hydrogen-bond donors (Lipinski definition) is 1. The molecular weight excluding hydrogens is 332 g/mol. The third-order valence-electron chi connectivity index (χ3n) is 3.04. The first-order valence-electron chi connectivity index (χ1n) is 7.15. The number of rotatable bonds is 4. The van der Waals surface area contributed by atoms with E-state index in [4.69, 9.17) is 16.3 Å². The Kier molecular flexibility index (Phi) is 4.50. The van der Waals surface area contributed by atoms with Crippen LogP contribution in [0.4, 0.5) is 5.13 Å². The van der Waals surface area contributed by atoms with Crippen LogP contribution in [0.25, 0.3) is 10.2 Å². The number of carbonyl (C=O) groups is 1. The molecule has 0 aliphatic rings. The van der Waals surface area contributed by atoms with Crippen molar-refractivity contribution in [3.05, 3.63) is 53.1 Å². The molecule has 0 aliphatic heterocycles. The van der Waals surface area contributed by atoms with Crippen LogP contribution >= 0.6 is 22.9 Å². The van der Waals surface area contributed by atoms with Crippen LogP contribution in [0.1, 0.15) is 24.2 Å². The van der Waals surface area contributed by atoms with E-state index in [0.29, 0.717) is 21.5 Å². The minimum atomic E-state index is -0.218. The molecule has 118 valence electrons. The van der Waals surface area contributed by atoms with Crippen LogP contribution in [0.15, 0.2) is 42.5 Å². The lowest BCUT2D eigenvalue weighted by Gasteiger charge is -2.10. The van der Waals surface area contributed by atoms with Gasteiger partial charge in [-0.3, -0.25) is 10.1 Å². The Morgan fingerprint density at radius 2 is 2.09 bits per heavy atom. The monoisotopic (exact) mass is 346 g/mol. The Hall–Kier alpha value is -2.11. The van der Waals surface area contributed by atoms with Crippen molar-refractivity contribution in [2.24, 2.45) is 0 Å². The lowest BCUT2D eigenvalue weighted by Crippen LogP contribution is -2.12. The van der Waals surface area contributed by atoms with Gasteiger partial charge in [-0.2, -0.15) is 0 Å². The molecular formula is C17H15ClN2O2S. The molecule has 0 bridgehead atoms. The van der Waals surface area contributed by atoms with Gasteiger partial charge >= 0.3 is 0 Å². The zero-order valence-corrected chi connectivity index (χ0v) is 14.2. The molecule has 0 spiro atoms. The number of halogens is 1. The van der Waals surface area contributed by atoms with Gasteiger partial charge in [-0.25, -0.2) is 4.98 Å². The Morgan fingerprint density at radius 3 is 2.87 bits per heavy atom. The fourth-order valence-electron chi connectivity index (χ4n) is 2.11. The van der Waals surface area contributed by atoms with Crippen molar-refractivity contribution in [3.63, 3.8) is 0 Å². The van der Waals surface area contributed by atoms with E-state index >= 15 is 0 Å². The van der Waals surface area contributed by atoms with Gasteiger partial charge in [0.1, 0.15) is 5.75 Å². The van der Waals surface area contributed by atoms with Gasteiger partial charge in [-0.1, -0.05) is 29.0 Å². The van der Waals surface area contributed by atoms with Gasteiger partial charge in [0.15, 0.2) is 5.13 Å². The second kappa shape index (κ2) is 6.56. The topological polar surface area (TPSA) is 51.2 Å². The number of anilines is 1. The predicted octanol–water partition coefficient (Wildman–Crippen LogP) is 4.99. The number of amides is 1. The summed E-state index contributed by atoms with van der Waals surface area (Å²) < 4.78 is 6.58. The van der Waals surface area contributed by atoms with Gasteiger partial charge in [0.25, 0.3) is 5.91 Å². The Bertz CT molecular complexity index is 861. The third-order valence-corrected chi connectivity index (χ3v) is 4.23. The average Bonchev–Trinajstić information content (AvgIpc) is 2.88. The summed E-state index contributed by atoms with van der Waals surface area (Å²) in [7, 11) is 0. The fourth-order valence-corrected chi connectivity index (χ4v) is 3.11. The van der Waals surface area contributed by atoms with Crippen molar-refractivity contribution in [3.8, 4) is 5.75 Å². The zero-order chi connectivity index (χ0) is 16.4. The number of benzene rings is 2. The number of aromatic nitrogens is 1. The van der Waals surface area contributed by atoms with Gasteiger partial charge in [-0.05, 0) is 50.2 Å². The number of carbonyl (C=O) groups excluding carboxylic acids is 1. The quantitative estimate of drug-likeness (QED) is 0.724. The summed E-state index contributed by atoms with van der Waals surface area (Å²) in [5.74, 6) is 0.452. The van der Waals surface area contributed by atoms with E-state index in [1.807, 2.05) is 26.0 Å². The molecule has 1 heterocycles. The van der Waals surface area contributed by atoms with Gasteiger partial charge in [0.05, 0.1) is 16.3 Å². The maximum Gasteiger partial charge on any atom is 0.257 e. The lowest BCUT2D eigenvalue weighted by molar-refractivity contribution is 0.102. The van der Waals surface area contributed by atoms with Gasteiger partial charge in [-0.15, -0.1) is 0 Å². The van der Waals surface area contributed by atoms with E-state index in [9.17, 15) is 4.79 Å². The molecule has 0 atom stereocenters. The van der Waals surface area contributed by atoms with E-state index in [1.54, 1.807) is 30.3 Å². The first-order valence-corrected chi connectivity index (χ1v) is 8.35. The van der Waals surface area contributed by atoms with Crippen LogP contribution in [0.2, 0.25) is 5.02 Å². The Balaban J connectivity index is 1.80. The van der Waals surface area contributed by atoms with Crippen molar-refractivity contribution in [2.45, 2.75) is 20.0 Å². The van der Waals surface area contributed by atoms with Crippen molar-refractivity contribution >= 4 is 44.2 Å². The van der Waals surface area contributed by atoms with E-state index in [-0.39, 0.29) is 12.0 Å². The van der Waals surface area contributed by atoms with Gasteiger partial charge in [0, 0.05) is 10.6 Å². The second-order valence-electron chi connectivity index (χ2n) is 5.28. The Morgan fingerprint density at radius 1 is 1.26 bits per heavy atom. The largest absolute Gasteiger partial charge is 0.491 e. The summed E-state index contributed by atoms with van der Waals surface area (Å²) in [6.07, 6.45) is 0.0577. The average molecular weight is 347 g/mol. The second-order valence-corrected chi connectivity index (χ2v) is 6.75. The highest BCUT2D eigenvalue weighted by molar-refractivity contribution is 7.22.